The van der Waals surface area contributed by atoms with Crippen LogP contribution in [0.3, 0.4) is 0 Å². The quantitative estimate of drug-likeness (QED) is 0.259. The summed E-state index contributed by atoms with van der Waals surface area (Å²) in [6.45, 7) is 9.30. The molecular formula is C17H26F3IN4O. The van der Waals surface area contributed by atoms with Crippen LogP contribution in [0.25, 0.3) is 0 Å². The number of benzene rings is 1. The number of hydrogen-bond acceptors (Lipinski definition) is 2. The molecular weight excluding hydrogens is 460 g/mol. The molecule has 0 fully saturated rings. The SMILES string of the molecule is CCNC(=NCCNC(=O)c1ccc(C(F)(F)F)cc1)NC(C)(C)C.I. The summed E-state index contributed by atoms with van der Waals surface area (Å²) >= 11 is 0. The van der Waals surface area contributed by atoms with E-state index in [1.54, 1.807) is 0 Å². The first-order valence-electron chi connectivity index (χ1n) is 8.05. The van der Waals surface area contributed by atoms with Crippen molar-refractivity contribution in [3.63, 3.8) is 0 Å². The van der Waals surface area contributed by atoms with E-state index in [0.717, 1.165) is 24.3 Å². The number of alkyl halides is 3. The van der Waals surface area contributed by atoms with Gasteiger partial charge in [0, 0.05) is 24.2 Å². The number of nitrogens with one attached hydrogen (secondary N) is 3. The molecule has 1 aromatic carbocycles. The molecule has 0 atom stereocenters. The molecule has 1 rings (SSSR count). The fourth-order valence-corrected chi connectivity index (χ4v) is 1.91. The maximum atomic E-state index is 12.5. The lowest BCUT2D eigenvalue weighted by atomic mass is 10.1. The zero-order valence-corrected chi connectivity index (χ0v) is 17.7. The van der Waals surface area contributed by atoms with Crippen molar-refractivity contribution in [1.29, 1.82) is 0 Å². The molecule has 0 aliphatic rings. The summed E-state index contributed by atoms with van der Waals surface area (Å²) in [7, 11) is 0. The Morgan fingerprint density at radius 3 is 2.12 bits per heavy atom. The van der Waals surface area contributed by atoms with Crippen LogP contribution >= 0.6 is 24.0 Å². The van der Waals surface area contributed by atoms with Gasteiger partial charge in [0.1, 0.15) is 0 Å². The largest absolute Gasteiger partial charge is 0.416 e. The highest BCUT2D eigenvalue weighted by Gasteiger charge is 2.30. The van der Waals surface area contributed by atoms with Gasteiger partial charge in [-0.05, 0) is 52.0 Å². The molecule has 0 spiro atoms. The maximum Gasteiger partial charge on any atom is 0.416 e. The third kappa shape index (κ3) is 9.25. The smallest absolute Gasteiger partial charge is 0.357 e. The number of carbonyl (C=O) groups is 1. The summed E-state index contributed by atoms with van der Waals surface area (Å²) in [4.78, 5) is 16.3. The highest BCUT2D eigenvalue weighted by atomic mass is 127. The van der Waals surface area contributed by atoms with Crippen molar-refractivity contribution in [1.82, 2.24) is 16.0 Å². The van der Waals surface area contributed by atoms with Crippen LogP contribution in [-0.2, 0) is 6.18 Å². The number of nitrogens with zero attached hydrogens (tertiary/aromatic N) is 1. The number of amides is 1. The van der Waals surface area contributed by atoms with Gasteiger partial charge >= 0.3 is 6.18 Å². The third-order valence-electron chi connectivity index (χ3n) is 2.98. The predicted octanol–water partition coefficient (Wildman–Crippen LogP) is 3.41. The second-order valence-electron chi connectivity index (χ2n) is 6.47. The molecule has 0 aliphatic carbocycles. The van der Waals surface area contributed by atoms with Crippen LogP contribution in [0.5, 0.6) is 0 Å². The van der Waals surface area contributed by atoms with Crippen molar-refractivity contribution >= 4 is 35.8 Å². The number of halogens is 4. The summed E-state index contributed by atoms with van der Waals surface area (Å²) < 4.78 is 37.5. The topological polar surface area (TPSA) is 65.5 Å². The molecule has 0 radical (unpaired) electrons. The van der Waals surface area contributed by atoms with Crippen LogP contribution in [0.4, 0.5) is 13.2 Å². The van der Waals surface area contributed by atoms with Crippen molar-refractivity contribution in [2.75, 3.05) is 19.6 Å². The number of aliphatic imine (C=N–C) groups is 1. The maximum absolute atomic E-state index is 12.5. The Morgan fingerprint density at radius 1 is 1.08 bits per heavy atom. The fourth-order valence-electron chi connectivity index (χ4n) is 1.91. The summed E-state index contributed by atoms with van der Waals surface area (Å²) in [5.74, 6) is 0.205. The van der Waals surface area contributed by atoms with Crippen LogP contribution in [0, 0.1) is 0 Å². The van der Waals surface area contributed by atoms with E-state index in [-0.39, 0.29) is 41.6 Å². The van der Waals surface area contributed by atoms with Crippen LogP contribution < -0.4 is 16.0 Å². The van der Waals surface area contributed by atoms with E-state index in [0.29, 0.717) is 19.0 Å². The molecule has 1 aromatic rings. The highest BCUT2D eigenvalue weighted by Crippen LogP contribution is 2.28. The first-order chi connectivity index (χ1) is 11.5. The Morgan fingerprint density at radius 2 is 1.65 bits per heavy atom. The van der Waals surface area contributed by atoms with Gasteiger partial charge in [0.2, 0.25) is 0 Å². The lowest BCUT2D eigenvalue weighted by Gasteiger charge is -2.23. The molecule has 9 heteroatoms. The monoisotopic (exact) mass is 486 g/mol. The standard InChI is InChI=1S/C17H25F3N4O.HI/c1-5-21-15(24-16(2,3)4)23-11-10-22-14(25)12-6-8-13(9-7-12)17(18,19)20;/h6-9H,5,10-11H2,1-4H3,(H,22,25)(H2,21,23,24);1H. The first-order valence-corrected chi connectivity index (χ1v) is 8.05. The summed E-state index contributed by atoms with van der Waals surface area (Å²) in [6.07, 6.45) is -4.41. The van der Waals surface area contributed by atoms with E-state index in [2.05, 4.69) is 20.9 Å². The second kappa shape index (κ2) is 10.6. The molecule has 0 saturated heterocycles. The van der Waals surface area contributed by atoms with E-state index < -0.39 is 17.6 Å². The number of carbonyl (C=O) groups excluding carboxylic acids is 1. The fraction of sp³-hybridized carbons (Fsp3) is 0.529. The Balaban J connectivity index is 0.00000625. The van der Waals surface area contributed by atoms with Crippen LogP contribution in [-0.4, -0.2) is 37.0 Å². The predicted molar refractivity (Wildman–Crippen MR) is 108 cm³/mol. The highest BCUT2D eigenvalue weighted by molar-refractivity contribution is 14.0. The third-order valence-corrected chi connectivity index (χ3v) is 2.98. The van der Waals surface area contributed by atoms with Crippen LogP contribution in [0.2, 0.25) is 0 Å². The number of rotatable bonds is 5. The van der Waals surface area contributed by atoms with Crippen molar-refractivity contribution in [2.45, 2.75) is 39.4 Å². The summed E-state index contributed by atoms with van der Waals surface area (Å²) in [5, 5.41) is 8.95. The van der Waals surface area contributed by atoms with Gasteiger partial charge in [-0.25, -0.2) is 0 Å². The van der Waals surface area contributed by atoms with Crippen molar-refractivity contribution in [3.8, 4) is 0 Å². The van der Waals surface area contributed by atoms with E-state index in [4.69, 9.17) is 0 Å². The van der Waals surface area contributed by atoms with Crippen molar-refractivity contribution in [3.05, 3.63) is 35.4 Å². The normalized spacial score (nSPS) is 12.2. The summed E-state index contributed by atoms with van der Waals surface area (Å²) in [6, 6.07) is 4.10. The molecule has 0 aromatic heterocycles. The van der Waals surface area contributed by atoms with Gasteiger partial charge in [0.15, 0.2) is 5.96 Å². The molecule has 0 saturated carbocycles. The molecule has 0 bridgehead atoms. The first kappa shape index (κ1) is 24.5. The van der Waals surface area contributed by atoms with E-state index in [1.807, 2.05) is 27.7 Å². The zero-order valence-electron chi connectivity index (χ0n) is 15.3. The van der Waals surface area contributed by atoms with Gasteiger partial charge in [0.05, 0.1) is 12.1 Å². The lowest BCUT2D eigenvalue weighted by Crippen LogP contribution is -2.47. The molecule has 148 valence electrons. The zero-order chi connectivity index (χ0) is 19.1. The van der Waals surface area contributed by atoms with Gasteiger partial charge in [-0.1, -0.05) is 0 Å². The van der Waals surface area contributed by atoms with E-state index >= 15 is 0 Å². The molecule has 5 nitrogen and oxygen atoms in total. The van der Waals surface area contributed by atoms with Gasteiger partial charge in [-0.15, -0.1) is 24.0 Å². The van der Waals surface area contributed by atoms with Crippen LogP contribution in [0.15, 0.2) is 29.3 Å². The molecule has 0 aliphatic heterocycles. The summed E-state index contributed by atoms with van der Waals surface area (Å²) in [5.41, 5.74) is -0.751. The number of hydrogen-bond donors (Lipinski definition) is 3. The average molecular weight is 486 g/mol. The van der Waals surface area contributed by atoms with E-state index in [9.17, 15) is 18.0 Å². The van der Waals surface area contributed by atoms with Gasteiger partial charge < -0.3 is 16.0 Å². The van der Waals surface area contributed by atoms with E-state index in [1.165, 1.54) is 0 Å². The minimum absolute atomic E-state index is 0. The average Bonchev–Trinajstić information content (AvgIpc) is 2.49. The molecule has 1 amide bonds. The van der Waals surface area contributed by atoms with Crippen LogP contribution in [0.1, 0.15) is 43.6 Å². The van der Waals surface area contributed by atoms with Gasteiger partial charge in [0.25, 0.3) is 5.91 Å². The second-order valence-corrected chi connectivity index (χ2v) is 6.47. The lowest BCUT2D eigenvalue weighted by molar-refractivity contribution is -0.137. The molecule has 3 N–H and O–H groups in total. The molecule has 26 heavy (non-hydrogen) atoms. The Hall–Kier alpha value is -1.52. The molecule has 0 unspecified atom stereocenters. The minimum atomic E-state index is -4.41. The van der Waals surface area contributed by atoms with Gasteiger partial charge in [-0.3, -0.25) is 9.79 Å². The Kier molecular flexibility index (Phi) is 9.97. The Labute approximate surface area is 169 Å². The minimum Gasteiger partial charge on any atom is -0.357 e. The van der Waals surface area contributed by atoms with Crippen molar-refractivity contribution < 1.29 is 18.0 Å². The Bertz CT molecular complexity index is 596. The van der Waals surface area contributed by atoms with Gasteiger partial charge in [-0.2, -0.15) is 13.2 Å². The molecule has 0 heterocycles. The van der Waals surface area contributed by atoms with Crippen molar-refractivity contribution in [2.24, 2.45) is 4.99 Å². The number of guanidine groups is 1.